The van der Waals surface area contributed by atoms with Gasteiger partial charge in [0.25, 0.3) is 5.91 Å². The molecule has 1 N–H and O–H groups in total. The molecule has 0 saturated heterocycles. The van der Waals surface area contributed by atoms with E-state index in [2.05, 4.69) is 22.3 Å². The number of hydrogen-bond acceptors (Lipinski definition) is 3. The van der Waals surface area contributed by atoms with Gasteiger partial charge >= 0.3 is 0 Å². The predicted molar refractivity (Wildman–Crippen MR) is 78.0 cm³/mol. The molecule has 1 fully saturated rings. The quantitative estimate of drug-likeness (QED) is 0.797. The van der Waals surface area contributed by atoms with Crippen LogP contribution in [-0.2, 0) is 6.54 Å². The van der Waals surface area contributed by atoms with Gasteiger partial charge in [-0.25, -0.2) is 0 Å². The molecule has 0 atom stereocenters. The number of aromatic nitrogens is 1. The van der Waals surface area contributed by atoms with E-state index in [0.29, 0.717) is 12.6 Å². The van der Waals surface area contributed by atoms with E-state index >= 15 is 0 Å². The first-order chi connectivity index (χ1) is 9.79. The number of nitrogens with one attached hydrogen (secondary N) is 1. The zero-order valence-corrected chi connectivity index (χ0v) is 11.7. The summed E-state index contributed by atoms with van der Waals surface area (Å²) in [5.74, 6) is 0.723. The Morgan fingerprint density at radius 1 is 1.45 bits per heavy atom. The Hall–Kier alpha value is -2.01. The van der Waals surface area contributed by atoms with Crippen molar-refractivity contribution < 1.29 is 9.21 Å². The molecule has 0 aromatic carbocycles. The van der Waals surface area contributed by atoms with Gasteiger partial charge in [-0.2, -0.15) is 0 Å². The molecule has 3 aromatic rings. The van der Waals surface area contributed by atoms with Gasteiger partial charge in [-0.05, 0) is 31.0 Å². The van der Waals surface area contributed by atoms with E-state index in [0.717, 1.165) is 16.0 Å². The number of furan rings is 1. The number of thiophene rings is 1. The van der Waals surface area contributed by atoms with Crippen LogP contribution in [-0.4, -0.2) is 10.5 Å². The van der Waals surface area contributed by atoms with Crippen LogP contribution in [0.3, 0.4) is 0 Å². The van der Waals surface area contributed by atoms with Crippen LogP contribution in [0.1, 0.15) is 34.3 Å². The van der Waals surface area contributed by atoms with Gasteiger partial charge in [0.1, 0.15) is 5.76 Å². The Morgan fingerprint density at radius 3 is 3.05 bits per heavy atom. The van der Waals surface area contributed by atoms with E-state index in [1.807, 2.05) is 18.2 Å². The number of fused-ring (bicyclic) bond motifs is 1. The van der Waals surface area contributed by atoms with Crippen molar-refractivity contribution in [2.45, 2.75) is 25.4 Å². The third kappa shape index (κ3) is 2.14. The summed E-state index contributed by atoms with van der Waals surface area (Å²) in [7, 11) is 0. The fourth-order valence-electron chi connectivity index (χ4n) is 2.32. The minimum absolute atomic E-state index is 0.0411. The smallest absolute Gasteiger partial charge is 0.261 e. The summed E-state index contributed by atoms with van der Waals surface area (Å²) in [4.78, 5) is 12.8. The fourth-order valence-corrected chi connectivity index (χ4v) is 3.31. The van der Waals surface area contributed by atoms with Gasteiger partial charge in [0.15, 0.2) is 0 Å². The lowest BCUT2D eigenvalue weighted by molar-refractivity contribution is 0.0952. The van der Waals surface area contributed by atoms with Crippen LogP contribution in [0.25, 0.3) is 10.1 Å². The first kappa shape index (κ1) is 11.8. The summed E-state index contributed by atoms with van der Waals surface area (Å²) in [5, 5.41) is 4.03. The average molecular weight is 286 g/mol. The molecule has 1 aliphatic carbocycles. The molecule has 0 aliphatic heterocycles. The number of hydrogen-bond donors (Lipinski definition) is 1. The molecule has 0 unspecified atom stereocenters. The Morgan fingerprint density at radius 2 is 2.35 bits per heavy atom. The molecule has 1 saturated carbocycles. The highest BCUT2D eigenvalue weighted by Gasteiger charge is 2.24. The summed E-state index contributed by atoms with van der Waals surface area (Å²) in [5.41, 5.74) is 0. The lowest BCUT2D eigenvalue weighted by Gasteiger charge is -2.00. The summed E-state index contributed by atoms with van der Waals surface area (Å²) in [6.45, 7) is 0.427. The molecular weight excluding hydrogens is 272 g/mol. The van der Waals surface area contributed by atoms with Crippen LogP contribution in [0, 0.1) is 0 Å². The summed E-state index contributed by atoms with van der Waals surface area (Å²) in [6.07, 6.45) is 8.46. The lowest BCUT2D eigenvalue weighted by atomic mass is 10.3. The second-order valence-electron chi connectivity index (χ2n) is 5.13. The van der Waals surface area contributed by atoms with Crippen molar-refractivity contribution in [2.24, 2.45) is 0 Å². The molecular formula is C15H14N2O2S. The molecule has 0 spiro atoms. The molecule has 0 bridgehead atoms. The molecule has 4 rings (SSSR count). The summed E-state index contributed by atoms with van der Waals surface area (Å²) >= 11 is 1.55. The highest BCUT2D eigenvalue weighted by Crippen LogP contribution is 2.38. The van der Waals surface area contributed by atoms with Crippen molar-refractivity contribution >= 4 is 27.3 Å². The normalized spacial score (nSPS) is 14.8. The first-order valence-corrected chi connectivity index (χ1v) is 7.53. The molecule has 0 radical (unpaired) electrons. The third-order valence-corrected chi connectivity index (χ3v) is 4.63. The second kappa shape index (κ2) is 4.52. The zero-order chi connectivity index (χ0) is 13.5. The highest BCUT2D eigenvalue weighted by molar-refractivity contribution is 7.20. The maximum atomic E-state index is 12.1. The number of carbonyl (C=O) groups is 1. The van der Waals surface area contributed by atoms with Gasteiger partial charge in [-0.1, -0.05) is 0 Å². The lowest BCUT2D eigenvalue weighted by Crippen LogP contribution is -2.21. The van der Waals surface area contributed by atoms with Gasteiger partial charge in [-0.3, -0.25) is 4.79 Å². The van der Waals surface area contributed by atoms with Crippen LogP contribution in [0.15, 0.2) is 41.3 Å². The first-order valence-electron chi connectivity index (χ1n) is 6.71. The molecule has 1 aliphatic rings. The highest BCUT2D eigenvalue weighted by atomic mass is 32.1. The van der Waals surface area contributed by atoms with Crippen LogP contribution in [0.4, 0.5) is 0 Å². The van der Waals surface area contributed by atoms with Crippen LogP contribution in [0.5, 0.6) is 0 Å². The van der Waals surface area contributed by atoms with Crippen molar-refractivity contribution in [1.29, 1.82) is 0 Å². The van der Waals surface area contributed by atoms with Gasteiger partial charge in [0.2, 0.25) is 0 Å². The fraction of sp³-hybridized carbons (Fsp3) is 0.267. The van der Waals surface area contributed by atoms with E-state index in [1.165, 1.54) is 17.5 Å². The minimum Gasteiger partial charge on any atom is -0.467 e. The standard InChI is InChI=1S/C15H14N2O2S/c18-15(16-7-12-2-1-5-19-12)13-6-10-8-17(11-3-4-11)9-14(10)20-13/h1-2,5-6,8-9,11H,3-4,7H2,(H,16,18). The van der Waals surface area contributed by atoms with Crippen molar-refractivity contribution in [3.63, 3.8) is 0 Å². The summed E-state index contributed by atoms with van der Waals surface area (Å²) in [6, 6.07) is 6.32. The van der Waals surface area contributed by atoms with Crippen molar-refractivity contribution in [1.82, 2.24) is 9.88 Å². The van der Waals surface area contributed by atoms with Gasteiger partial charge in [0.05, 0.1) is 22.4 Å². The molecule has 102 valence electrons. The van der Waals surface area contributed by atoms with E-state index in [1.54, 1.807) is 17.6 Å². The number of rotatable bonds is 4. The van der Waals surface area contributed by atoms with Crippen molar-refractivity contribution in [3.05, 3.63) is 47.5 Å². The molecule has 3 aromatic heterocycles. The van der Waals surface area contributed by atoms with Crippen molar-refractivity contribution in [3.8, 4) is 0 Å². The van der Waals surface area contributed by atoms with Crippen LogP contribution in [0.2, 0.25) is 0 Å². The van der Waals surface area contributed by atoms with Gasteiger partial charge in [-0.15, -0.1) is 11.3 Å². The number of nitrogens with zero attached hydrogens (tertiary/aromatic N) is 1. The van der Waals surface area contributed by atoms with Crippen LogP contribution < -0.4 is 5.32 Å². The van der Waals surface area contributed by atoms with E-state index in [9.17, 15) is 4.79 Å². The number of amides is 1. The Bertz CT molecular complexity index is 719. The number of carbonyl (C=O) groups excluding carboxylic acids is 1. The van der Waals surface area contributed by atoms with E-state index < -0.39 is 0 Å². The topological polar surface area (TPSA) is 47.2 Å². The zero-order valence-electron chi connectivity index (χ0n) is 10.8. The Kier molecular flexibility index (Phi) is 2.67. The molecule has 1 amide bonds. The SMILES string of the molecule is O=C(NCc1ccco1)c1cc2cn(C3CC3)cc2s1. The Labute approximate surface area is 120 Å². The predicted octanol–water partition coefficient (Wildman–Crippen LogP) is 3.56. The maximum absolute atomic E-state index is 12.1. The monoisotopic (exact) mass is 286 g/mol. The second-order valence-corrected chi connectivity index (χ2v) is 6.21. The maximum Gasteiger partial charge on any atom is 0.261 e. The molecule has 5 heteroatoms. The average Bonchev–Trinajstić information content (AvgIpc) is 2.88. The largest absolute Gasteiger partial charge is 0.467 e. The van der Waals surface area contributed by atoms with Gasteiger partial charge in [0, 0.05) is 23.8 Å². The molecule has 3 heterocycles. The minimum atomic E-state index is -0.0411. The molecule has 20 heavy (non-hydrogen) atoms. The van der Waals surface area contributed by atoms with E-state index in [4.69, 9.17) is 4.42 Å². The van der Waals surface area contributed by atoms with Gasteiger partial charge < -0.3 is 14.3 Å². The Balaban J connectivity index is 1.49. The van der Waals surface area contributed by atoms with Crippen LogP contribution >= 0.6 is 11.3 Å². The summed E-state index contributed by atoms with van der Waals surface area (Å²) < 4.78 is 8.65. The third-order valence-electron chi connectivity index (χ3n) is 3.54. The molecule has 4 nitrogen and oxygen atoms in total. The van der Waals surface area contributed by atoms with Crippen molar-refractivity contribution in [2.75, 3.05) is 0 Å². The van der Waals surface area contributed by atoms with E-state index in [-0.39, 0.29) is 5.91 Å².